The quantitative estimate of drug-likeness (QED) is 0.869. The largest absolute Gasteiger partial charge is 0.478 e. The lowest BCUT2D eigenvalue weighted by Crippen LogP contribution is -2.48. The molecule has 2 aromatic carbocycles. The summed E-state index contributed by atoms with van der Waals surface area (Å²) in [5.74, 6) is 0.671. The number of halogens is 1. The molecule has 1 aliphatic rings. The zero-order chi connectivity index (χ0) is 16.6. The summed E-state index contributed by atoms with van der Waals surface area (Å²) >= 11 is 6.25. The van der Waals surface area contributed by atoms with Crippen LogP contribution in [0.25, 0.3) is 0 Å². The van der Waals surface area contributed by atoms with Gasteiger partial charge in [-0.2, -0.15) is 0 Å². The Bertz CT molecular complexity index is 746. The molecule has 0 radical (unpaired) electrons. The lowest BCUT2D eigenvalue weighted by molar-refractivity contribution is -0.128. The minimum absolute atomic E-state index is 0.0712. The molecule has 2 N–H and O–H groups in total. The normalized spacial score (nSPS) is 17.1. The molecule has 0 aromatic heterocycles. The predicted molar refractivity (Wildman–Crippen MR) is 92.8 cm³/mol. The van der Waals surface area contributed by atoms with E-state index in [9.17, 15) is 4.79 Å². The highest BCUT2D eigenvalue weighted by Crippen LogP contribution is 2.38. The first-order valence-corrected chi connectivity index (χ1v) is 7.96. The minimum Gasteiger partial charge on any atom is -0.478 e. The molecule has 3 rings (SSSR count). The number of carbonyl (C=O) groups excluding carboxylic acids is 1. The van der Waals surface area contributed by atoms with E-state index >= 15 is 0 Å². The number of ether oxygens (including phenoxy) is 1. The highest BCUT2D eigenvalue weighted by molar-refractivity contribution is 6.31. The molecule has 0 saturated carbocycles. The van der Waals surface area contributed by atoms with Gasteiger partial charge in [-0.15, -0.1) is 0 Å². The van der Waals surface area contributed by atoms with Gasteiger partial charge >= 0.3 is 0 Å². The number of carbonyl (C=O) groups is 1. The summed E-state index contributed by atoms with van der Waals surface area (Å²) in [5, 5.41) is 0.637. The molecular weight excluding hydrogens is 312 g/mol. The smallest absolute Gasteiger partial charge is 0.268 e. The van der Waals surface area contributed by atoms with Crippen LogP contribution in [0.15, 0.2) is 42.5 Å². The summed E-state index contributed by atoms with van der Waals surface area (Å²) < 4.78 is 5.88. The Balaban J connectivity index is 2.04. The third-order valence-electron chi connectivity index (χ3n) is 3.93. The third kappa shape index (κ3) is 2.99. The van der Waals surface area contributed by atoms with Gasteiger partial charge in [-0.25, -0.2) is 0 Å². The standard InChI is InChI=1S/C18H19ClN2O2/c1-11(2)17-18(22)21(10-12-5-3-4-6-14(12)19)15-9-13(20)7-8-16(15)23-17/h3-9,11,17H,10,20H2,1-2H3. The third-order valence-corrected chi connectivity index (χ3v) is 4.30. The van der Waals surface area contributed by atoms with Crippen LogP contribution in [0.5, 0.6) is 5.75 Å². The topological polar surface area (TPSA) is 55.6 Å². The summed E-state index contributed by atoms with van der Waals surface area (Å²) in [6.45, 7) is 4.33. The molecule has 0 saturated heterocycles. The maximum Gasteiger partial charge on any atom is 0.268 e. The second-order valence-corrected chi connectivity index (χ2v) is 6.43. The lowest BCUT2D eigenvalue weighted by atomic mass is 10.0. The van der Waals surface area contributed by atoms with Gasteiger partial charge in [-0.1, -0.05) is 43.6 Å². The van der Waals surface area contributed by atoms with E-state index in [1.54, 1.807) is 17.0 Å². The van der Waals surface area contributed by atoms with Crippen molar-refractivity contribution in [3.05, 3.63) is 53.1 Å². The van der Waals surface area contributed by atoms with Crippen LogP contribution in [0.4, 0.5) is 11.4 Å². The van der Waals surface area contributed by atoms with Crippen LogP contribution in [-0.4, -0.2) is 12.0 Å². The zero-order valence-corrected chi connectivity index (χ0v) is 13.9. The van der Waals surface area contributed by atoms with Crippen molar-refractivity contribution in [2.75, 3.05) is 10.6 Å². The van der Waals surface area contributed by atoms with Crippen molar-refractivity contribution in [2.24, 2.45) is 5.92 Å². The second-order valence-electron chi connectivity index (χ2n) is 6.03. The maximum absolute atomic E-state index is 12.9. The molecule has 0 aliphatic carbocycles. The van der Waals surface area contributed by atoms with E-state index in [2.05, 4.69) is 0 Å². The average Bonchev–Trinajstić information content (AvgIpc) is 2.51. The van der Waals surface area contributed by atoms with E-state index in [4.69, 9.17) is 22.1 Å². The number of benzene rings is 2. The first-order chi connectivity index (χ1) is 11.0. The fourth-order valence-corrected chi connectivity index (χ4v) is 2.88. The fourth-order valence-electron chi connectivity index (χ4n) is 2.69. The molecule has 1 atom stereocenters. The van der Waals surface area contributed by atoms with Crippen molar-refractivity contribution in [1.29, 1.82) is 0 Å². The Kier molecular flexibility index (Phi) is 4.18. The number of nitrogens with zero attached hydrogens (tertiary/aromatic N) is 1. The van der Waals surface area contributed by atoms with Crippen LogP contribution < -0.4 is 15.4 Å². The summed E-state index contributed by atoms with van der Waals surface area (Å²) in [4.78, 5) is 14.6. The van der Waals surface area contributed by atoms with E-state index in [-0.39, 0.29) is 11.8 Å². The van der Waals surface area contributed by atoms with Crippen LogP contribution in [0.2, 0.25) is 5.02 Å². The van der Waals surface area contributed by atoms with Gasteiger partial charge in [0.2, 0.25) is 0 Å². The van der Waals surface area contributed by atoms with Crippen molar-refractivity contribution in [3.8, 4) is 5.75 Å². The predicted octanol–water partition coefficient (Wildman–Crippen LogP) is 3.87. The average molecular weight is 331 g/mol. The molecule has 1 unspecified atom stereocenters. The maximum atomic E-state index is 12.9. The zero-order valence-electron chi connectivity index (χ0n) is 13.1. The number of hydrogen-bond donors (Lipinski definition) is 1. The Morgan fingerprint density at radius 3 is 2.70 bits per heavy atom. The van der Waals surface area contributed by atoms with Crippen LogP contribution >= 0.6 is 11.6 Å². The molecule has 120 valence electrons. The Labute approximate surface area is 140 Å². The van der Waals surface area contributed by atoms with Crippen LogP contribution in [0.3, 0.4) is 0 Å². The number of hydrogen-bond acceptors (Lipinski definition) is 3. The van der Waals surface area contributed by atoms with Gasteiger partial charge in [0.25, 0.3) is 5.91 Å². The molecule has 1 aliphatic heterocycles. The Hall–Kier alpha value is -2.20. The lowest BCUT2D eigenvalue weighted by Gasteiger charge is -2.36. The molecule has 1 heterocycles. The van der Waals surface area contributed by atoms with Crippen LogP contribution in [0.1, 0.15) is 19.4 Å². The van der Waals surface area contributed by atoms with Crippen molar-refractivity contribution < 1.29 is 9.53 Å². The van der Waals surface area contributed by atoms with Crippen molar-refractivity contribution in [2.45, 2.75) is 26.5 Å². The molecule has 0 fully saturated rings. The summed E-state index contributed by atoms with van der Waals surface area (Å²) in [6.07, 6.45) is -0.506. The molecule has 2 aromatic rings. The van der Waals surface area contributed by atoms with Crippen molar-refractivity contribution in [1.82, 2.24) is 0 Å². The van der Waals surface area contributed by atoms with Gasteiger partial charge in [0, 0.05) is 10.7 Å². The number of amides is 1. The molecule has 23 heavy (non-hydrogen) atoms. The fraction of sp³-hybridized carbons (Fsp3) is 0.278. The van der Waals surface area contributed by atoms with Gasteiger partial charge in [-0.3, -0.25) is 4.79 Å². The molecule has 5 heteroatoms. The van der Waals surface area contributed by atoms with Gasteiger partial charge in [0.05, 0.1) is 12.2 Å². The van der Waals surface area contributed by atoms with Crippen LogP contribution in [0, 0.1) is 5.92 Å². The van der Waals surface area contributed by atoms with Gasteiger partial charge in [-0.05, 0) is 35.7 Å². The number of nitrogen functional groups attached to an aromatic ring is 1. The molecule has 0 bridgehead atoms. The van der Waals surface area contributed by atoms with E-state index < -0.39 is 6.10 Å². The molecule has 4 nitrogen and oxygen atoms in total. The van der Waals surface area contributed by atoms with Crippen molar-refractivity contribution >= 4 is 28.9 Å². The number of nitrogens with two attached hydrogens (primary N) is 1. The Morgan fingerprint density at radius 2 is 2.00 bits per heavy atom. The molecular formula is C18H19ClN2O2. The summed E-state index contributed by atoms with van der Waals surface area (Å²) in [5.41, 5.74) is 8.05. The van der Waals surface area contributed by atoms with E-state index in [1.807, 2.05) is 44.2 Å². The monoisotopic (exact) mass is 330 g/mol. The van der Waals surface area contributed by atoms with Gasteiger partial charge in [0.1, 0.15) is 5.75 Å². The first-order valence-electron chi connectivity index (χ1n) is 7.58. The van der Waals surface area contributed by atoms with E-state index in [1.165, 1.54) is 0 Å². The van der Waals surface area contributed by atoms with E-state index in [0.29, 0.717) is 28.7 Å². The molecule has 0 spiro atoms. The Morgan fingerprint density at radius 1 is 1.26 bits per heavy atom. The van der Waals surface area contributed by atoms with Gasteiger partial charge < -0.3 is 15.4 Å². The minimum atomic E-state index is -0.506. The summed E-state index contributed by atoms with van der Waals surface area (Å²) in [7, 11) is 0. The summed E-state index contributed by atoms with van der Waals surface area (Å²) in [6, 6.07) is 12.9. The van der Waals surface area contributed by atoms with Gasteiger partial charge in [0.15, 0.2) is 6.10 Å². The first kappa shape index (κ1) is 15.7. The highest BCUT2D eigenvalue weighted by Gasteiger charge is 2.36. The number of fused-ring (bicyclic) bond motifs is 1. The SMILES string of the molecule is CC(C)C1Oc2ccc(N)cc2N(Cc2ccccc2Cl)C1=O. The van der Waals surface area contributed by atoms with Crippen molar-refractivity contribution in [3.63, 3.8) is 0 Å². The highest BCUT2D eigenvalue weighted by atomic mass is 35.5. The second kappa shape index (κ2) is 6.13. The van der Waals surface area contributed by atoms with Crippen LogP contribution in [-0.2, 0) is 11.3 Å². The number of rotatable bonds is 3. The molecule has 1 amide bonds. The number of anilines is 2. The van der Waals surface area contributed by atoms with E-state index in [0.717, 1.165) is 5.56 Å².